The first-order valence-electron chi connectivity index (χ1n) is 7.71. The van der Waals surface area contributed by atoms with Gasteiger partial charge in [-0.3, -0.25) is 9.59 Å². The Hall–Kier alpha value is -2.62. The molecule has 4 nitrogen and oxygen atoms in total. The van der Waals surface area contributed by atoms with Crippen LogP contribution in [-0.4, -0.2) is 18.4 Å². The monoisotopic (exact) mass is 310 g/mol. The minimum atomic E-state index is -0.195. The van der Waals surface area contributed by atoms with E-state index in [4.69, 9.17) is 0 Å². The van der Waals surface area contributed by atoms with Crippen molar-refractivity contribution in [2.24, 2.45) is 0 Å². The summed E-state index contributed by atoms with van der Waals surface area (Å²) in [5.74, 6) is -0.353. The summed E-state index contributed by atoms with van der Waals surface area (Å²) < 4.78 is 0. The predicted molar refractivity (Wildman–Crippen MR) is 90.9 cm³/mol. The number of rotatable bonds is 6. The molecule has 0 radical (unpaired) electrons. The number of carbonyl (C=O) groups is 2. The normalized spacial score (nSPS) is 11.6. The molecule has 120 valence electrons. The Kier molecular flexibility index (Phi) is 5.92. The van der Waals surface area contributed by atoms with Crippen LogP contribution in [0.25, 0.3) is 0 Å². The molecule has 0 aliphatic rings. The predicted octanol–water partition coefficient (Wildman–Crippen LogP) is 2.53. The lowest BCUT2D eigenvalue weighted by atomic mass is 10.1. The molecule has 0 fully saturated rings. The second kappa shape index (κ2) is 8.13. The first kappa shape index (κ1) is 16.7. The van der Waals surface area contributed by atoms with Crippen molar-refractivity contribution >= 4 is 11.8 Å². The standard InChI is InChI=1S/C19H22N2O2/c1-14-8-10-17(11-9-14)15(2)21-19(23)13-20-18(22)12-16-6-4-3-5-7-16/h3-11,15H,12-13H2,1-2H3,(H,20,22)(H,21,23). The number of amides is 2. The molecule has 2 aromatic rings. The van der Waals surface area contributed by atoms with Crippen LogP contribution < -0.4 is 10.6 Å². The molecule has 2 aromatic carbocycles. The summed E-state index contributed by atoms with van der Waals surface area (Å²) in [7, 11) is 0. The lowest BCUT2D eigenvalue weighted by Crippen LogP contribution is -2.38. The van der Waals surface area contributed by atoms with E-state index in [2.05, 4.69) is 10.6 Å². The van der Waals surface area contributed by atoms with Gasteiger partial charge in [-0.25, -0.2) is 0 Å². The van der Waals surface area contributed by atoms with Gasteiger partial charge in [0.05, 0.1) is 19.0 Å². The van der Waals surface area contributed by atoms with Crippen molar-refractivity contribution in [1.29, 1.82) is 0 Å². The van der Waals surface area contributed by atoms with E-state index in [1.807, 2.05) is 68.4 Å². The van der Waals surface area contributed by atoms with Crippen LogP contribution in [0.3, 0.4) is 0 Å². The van der Waals surface area contributed by atoms with Crippen LogP contribution in [0.5, 0.6) is 0 Å². The molecule has 1 atom stereocenters. The average Bonchev–Trinajstić information content (AvgIpc) is 2.54. The van der Waals surface area contributed by atoms with Crippen molar-refractivity contribution < 1.29 is 9.59 Å². The van der Waals surface area contributed by atoms with Crippen LogP contribution in [0.2, 0.25) is 0 Å². The maximum absolute atomic E-state index is 11.9. The maximum Gasteiger partial charge on any atom is 0.239 e. The first-order chi connectivity index (χ1) is 11.0. The van der Waals surface area contributed by atoms with E-state index in [1.54, 1.807) is 0 Å². The fraction of sp³-hybridized carbons (Fsp3) is 0.263. The van der Waals surface area contributed by atoms with Gasteiger partial charge in [0.25, 0.3) is 0 Å². The molecule has 0 bridgehead atoms. The van der Waals surface area contributed by atoms with Crippen LogP contribution in [0.1, 0.15) is 29.7 Å². The van der Waals surface area contributed by atoms with Gasteiger partial charge in [-0.05, 0) is 25.0 Å². The molecule has 0 spiro atoms. The van der Waals surface area contributed by atoms with Gasteiger partial charge < -0.3 is 10.6 Å². The lowest BCUT2D eigenvalue weighted by Gasteiger charge is -2.15. The molecular weight excluding hydrogens is 288 g/mol. The summed E-state index contributed by atoms with van der Waals surface area (Å²) >= 11 is 0. The van der Waals surface area contributed by atoms with Crippen LogP contribution in [-0.2, 0) is 16.0 Å². The number of hydrogen-bond donors (Lipinski definition) is 2. The van der Waals surface area contributed by atoms with Crippen molar-refractivity contribution in [2.45, 2.75) is 26.3 Å². The zero-order valence-corrected chi connectivity index (χ0v) is 13.5. The molecule has 0 saturated heterocycles. The quantitative estimate of drug-likeness (QED) is 0.861. The van der Waals surface area contributed by atoms with Gasteiger partial charge in [0.2, 0.25) is 11.8 Å². The second-order valence-electron chi connectivity index (χ2n) is 5.64. The number of nitrogens with one attached hydrogen (secondary N) is 2. The second-order valence-corrected chi connectivity index (χ2v) is 5.64. The zero-order chi connectivity index (χ0) is 16.7. The van der Waals surface area contributed by atoms with Crippen molar-refractivity contribution in [3.63, 3.8) is 0 Å². The summed E-state index contributed by atoms with van der Waals surface area (Å²) in [4.78, 5) is 23.7. The molecule has 2 rings (SSSR count). The smallest absolute Gasteiger partial charge is 0.239 e. The van der Waals surface area contributed by atoms with E-state index >= 15 is 0 Å². The average molecular weight is 310 g/mol. The number of carbonyl (C=O) groups excluding carboxylic acids is 2. The van der Waals surface area contributed by atoms with Crippen molar-refractivity contribution in [1.82, 2.24) is 10.6 Å². The highest BCUT2D eigenvalue weighted by molar-refractivity contribution is 5.85. The van der Waals surface area contributed by atoms with Crippen LogP contribution in [0.4, 0.5) is 0 Å². The highest BCUT2D eigenvalue weighted by Crippen LogP contribution is 2.12. The summed E-state index contributed by atoms with van der Waals surface area (Å²) in [5, 5.41) is 5.53. The molecule has 0 aromatic heterocycles. The first-order valence-corrected chi connectivity index (χ1v) is 7.71. The maximum atomic E-state index is 11.9. The van der Waals surface area contributed by atoms with Gasteiger partial charge in [0.1, 0.15) is 0 Å². The minimum absolute atomic E-state index is 0.0120. The third-order valence-electron chi connectivity index (χ3n) is 3.61. The Morgan fingerprint density at radius 2 is 1.61 bits per heavy atom. The Morgan fingerprint density at radius 3 is 2.26 bits per heavy atom. The number of benzene rings is 2. The van der Waals surface area contributed by atoms with Crippen LogP contribution in [0, 0.1) is 6.92 Å². The number of hydrogen-bond acceptors (Lipinski definition) is 2. The summed E-state index contributed by atoms with van der Waals surface area (Å²) in [6, 6.07) is 17.4. The van der Waals surface area contributed by atoms with E-state index < -0.39 is 0 Å². The Balaban J connectivity index is 1.76. The van der Waals surface area contributed by atoms with Crippen molar-refractivity contribution in [3.05, 3.63) is 71.3 Å². The van der Waals surface area contributed by atoms with Gasteiger partial charge in [-0.1, -0.05) is 60.2 Å². The third-order valence-corrected chi connectivity index (χ3v) is 3.61. The van der Waals surface area contributed by atoms with Crippen LogP contribution in [0.15, 0.2) is 54.6 Å². The topological polar surface area (TPSA) is 58.2 Å². The van der Waals surface area contributed by atoms with Gasteiger partial charge in [0.15, 0.2) is 0 Å². The largest absolute Gasteiger partial charge is 0.348 e. The summed E-state index contributed by atoms with van der Waals surface area (Å²) in [5.41, 5.74) is 3.15. The van der Waals surface area contributed by atoms with E-state index in [9.17, 15) is 9.59 Å². The van der Waals surface area contributed by atoms with Gasteiger partial charge in [-0.2, -0.15) is 0 Å². The Labute approximate surface area is 136 Å². The molecule has 4 heteroatoms. The number of aryl methyl sites for hydroxylation is 1. The molecule has 23 heavy (non-hydrogen) atoms. The molecule has 2 amide bonds. The van der Waals surface area contributed by atoms with E-state index in [0.717, 1.165) is 11.1 Å². The Bertz CT molecular complexity index is 651. The van der Waals surface area contributed by atoms with Crippen molar-refractivity contribution in [2.75, 3.05) is 6.54 Å². The molecule has 2 N–H and O–H groups in total. The fourth-order valence-electron chi connectivity index (χ4n) is 2.25. The zero-order valence-electron chi connectivity index (χ0n) is 13.5. The van der Waals surface area contributed by atoms with Gasteiger partial charge >= 0.3 is 0 Å². The molecule has 1 unspecified atom stereocenters. The lowest BCUT2D eigenvalue weighted by molar-refractivity contribution is -0.126. The van der Waals surface area contributed by atoms with Crippen LogP contribution >= 0.6 is 0 Å². The minimum Gasteiger partial charge on any atom is -0.348 e. The van der Waals surface area contributed by atoms with E-state index in [-0.39, 0.29) is 30.8 Å². The molecule has 0 heterocycles. The summed E-state index contributed by atoms with van der Waals surface area (Å²) in [6.45, 7) is 3.94. The van der Waals surface area contributed by atoms with E-state index in [1.165, 1.54) is 5.56 Å². The molecular formula is C19H22N2O2. The molecule has 0 aliphatic heterocycles. The highest BCUT2D eigenvalue weighted by atomic mass is 16.2. The fourth-order valence-corrected chi connectivity index (χ4v) is 2.25. The SMILES string of the molecule is Cc1ccc(C(C)NC(=O)CNC(=O)Cc2ccccc2)cc1. The molecule has 0 aliphatic carbocycles. The van der Waals surface area contributed by atoms with Crippen molar-refractivity contribution in [3.8, 4) is 0 Å². The summed E-state index contributed by atoms with van der Waals surface area (Å²) in [6.07, 6.45) is 0.279. The van der Waals surface area contributed by atoms with E-state index in [0.29, 0.717) is 0 Å². The van der Waals surface area contributed by atoms with Gasteiger partial charge in [-0.15, -0.1) is 0 Å². The highest BCUT2D eigenvalue weighted by Gasteiger charge is 2.10. The molecule has 0 saturated carbocycles. The third kappa shape index (κ3) is 5.58. The Morgan fingerprint density at radius 1 is 0.957 bits per heavy atom. The van der Waals surface area contributed by atoms with Gasteiger partial charge in [0, 0.05) is 0 Å².